The molecular formula is C20H22F3N5O2. The van der Waals surface area contributed by atoms with Gasteiger partial charge in [-0.05, 0) is 56.4 Å². The summed E-state index contributed by atoms with van der Waals surface area (Å²) < 4.78 is 40.5. The second-order valence-electron chi connectivity index (χ2n) is 7.55. The number of aromatic nitrogens is 2. The zero-order valence-corrected chi connectivity index (χ0v) is 16.1. The molecule has 7 nitrogen and oxygen atoms in total. The molecule has 2 aliphatic rings. The number of carbonyl (C=O) groups excluding carboxylic acids is 1. The van der Waals surface area contributed by atoms with Crippen LogP contribution >= 0.6 is 0 Å². The van der Waals surface area contributed by atoms with Crippen LogP contribution in [-0.2, 0) is 11.0 Å². The molecule has 2 unspecified atom stereocenters. The number of hydrogen-bond donors (Lipinski definition) is 3. The van der Waals surface area contributed by atoms with Gasteiger partial charge in [-0.1, -0.05) is 0 Å². The highest BCUT2D eigenvalue weighted by atomic mass is 19.4. The SMILES string of the molecule is O=Cc1ccc(Nc2ncc(C(F)(F)F)c(NC3CCCC3ONC3CC3)n2)cc1. The van der Waals surface area contributed by atoms with Crippen molar-refractivity contribution in [2.45, 2.75) is 56.5 Å². The largest absolute Gasteiger partial charge is 0.421 e. The Kier molecular flexibility index (Phi) is 5.87. The highest BCUT2D eigenvalue weighted by Crippen LogP contribution is 2.36. The number of rotatable bonds is 8. The molecule has 4 rings (SSSR count). The smallest absolute Gasteiger partial charge is 0.364 e. The van der Waals surface area contributed by atoms with Crippen LogP contribution in [0.15, 0.2) is 30.5 Å². The van der Waals surface area contributed by atoms with E-state index in [-0.39, 0.29) is 23.9 Å². The van der Waals surface area contributed by atoms with Crippen LogP contribution in [-0.4, -0.2) is 34.4 Å². The van der Waals surface area contributed by atoms with Gasteiger partial charge < -0.3 is 10.6 Å². The summed E-state index contributed by atoms with van der Waals surface area (Å²) in [6, 6.07) is 6.49. The Bertz CT molecular complexity index is 887. The molecule has 10 heteroatoms. The monoisotopic (exact) mass is 421 g/mol. The summed E-state index contributed by atoms with van der Waals surface area (Å²) >= 11 is 0. The predicted molar refractivity (Wildman–Crippen MR) is 104 cm³/mol. The van der Waals surface area contributed by atoms with Crippen molar-refractivity contribution in [2.75, 3.05) is 10.6 Å². The third-order valence-corrected chi connectivity index (χ3v) is 5.14. The lowest BCUT2D eigenvalue weighted by Crippen LogP contribution is -2.36. The third-order valence-electron chi connectivity index (χ3n) is 5.14. The van der Waals surface area contributed by atoms with E-state index in [0.717, 1.165) is 31.9 Å². The van der Waals surface area contributed by atoms with Crippen molar-refractivity contribution >= 4 is 23.7 Å². The minimum Gasteiger partial charge on any atom is -0.364 e. The van der Waals surface area contributed by atoms with Gasteiger partial charge in [0, 0.05) is 23.5 Å². The molecule has 1 aromatic carbocycles. The Morgan fingerprint density at radius 2 is 1.87 bits per heavy atom. The van der Waals surface area contributed by atoms with Crippen molar-refractivity contribution in [1.29, 1.82) is 0 Å². The van der Waals surface area contributed by atoms with Gasteiger partial charge in [-0.3, -0.25) is 9.63 Å². The van der Waals surface area contributed by atoms with Gasteiger partial charge >= 0.3 is 6.18 Å². The molecule has 0 aliphatic heterocycles. The van der Waals surface area contributed by atoms with Gasteiger partial charge in [-0.25, -0.2) is 4.98 Å². The Balaban J connectivity index is 1.52. The Hall–Kier alpha value is -2.72. The summed E-state index contributed by atoms with van der Waals surface area (Å²) in [5, 5.41) is 5.80. The van der Waals surface area contributed by atoms with Crippen molar-refractivity contribution in [1.82, 2.24) is 15.4 Å². The highest BCUT2D eigenvalue weighted by Gasteiger charge is 2.38. The lowest BCUT2D eigenvalue weighted by atomic mass is 10.2. The van der Waals surface area contributed by atoms with Crippen LogP contribution in [0.2, 0.25) is 0 Å². The number of nitrogens with one attached hydrogen (secondary N) is 3. The molecule has 0 spiro atoms. The van der Waals surface area contributed by atoms with Crippen molar-refractivity contribution in [3.8, 4) is 0 Å². The molecule has 0 radical (unpaired) electrons. The summed E-state index contributed by atoms with van der Waals surface area (Å²) in [5.41, 5.74) is 3.10. The first kappa shape index (κ1) is 20.5. The highest BCUT2D eigenvalue weighted by molar-refractivity contribution is 5.76. The molecular weight excluding hydrogens is 399 g/mol. The second-order valence-corrected chi connectivity index (χ2v) is 7.55. The van der Waals surface area contributed by atoms with Crippen molar-refractivity contribution < 1.29 is 22.8 Å². The summed E-state index contributed by atoms with van der Waals surface area (Å²) in [5.74, 6) is -0.257. The van der Waals surface area contributed by atoms with Crippen LogP contribution < -0.4 is 16.1 Å². The van der Waals surface area contributed by atoms with Crippen LogP contribution in [0.5, 0.6) is 0 Å². The lowest BCUT2D eigenvalue weighted by Gasteiger charge is -2.23. The number of aldehydes is 1. The maximum absolute atomic E-state index is 13.5. The van der Waals surface area contributed by atoms with Crippen LogP contribution in [0.25, 0.3) is 0 Å². The fourth-order valence-corrected chi connectivity index (χ4v) is 3.33. The van der Waals surface area contributed by atoms with Crippen molar-refractivity contribution in [2.24, 2.45) is 0 Å². The van der Waals surface area contributed by atoms with Crippen LogP contribution in [0.4, 0.5) is 30.6 Å². The molecule has 2 saturated carbocycles. The molecule has 2 aromatic rings. The van der Waals surface area contributed by atoms with E-state index in [0.29, 0.717) is 30.0 Å². The van der Waals surface area contributed by atoms with E-state index in [9.17, 15) is 18.0 Å². The first-order valence-electron chi connectivity index (χ1n) is 9.86. The number of hydroxylamine groups is 1. The van der Waals surface area contributed by atoms with E-state index >= 15 is 0 Å². The van der Waals surface area contributed by atoms with Crippen LogP contribution in [0.3, 0.4) is 0 Å². The summed E-state index contributed by atoms with van der Waals surface area (Å²) in [6.07, 6.45) is 1.07. The average Bonchev–Trinajstić information content (AvgIpc) is 3.45. The van der Waals surface area contributed by atoms with Crippen LogP contribution in [0, 0.1) is 0 Å². The third kappa shape index (κ3) is 5.06. The maximum atomic E-state index is 13.5. The number of halogens is 3. The second kappa shape index (κ2) is 8.57. The fourth-order valence-electron chi connectivity index (χ4n) is 3.33. The van der Waals surface area contributed by atoms with E-state index in [2.05, 4.69) is 26.1 Å². The fraction of sp³-hybridized carbons (Fsp3) is 0.450. The molecule has 2 aliphatic carbocycles. The molecule has 0 saturated heterocycles. The minimum absolute atomic E-state index is 0.0240. The van der Waals surface area contributed by atoms with E-state index < -0.39 is 11.7 Å². The van der Waals surface area contributed by atoms with Gasteiger partial charge in [0.25, 0.3) is 0 Å². The molecule has 3 N–H and O–H groups in total. The molecule has 0 bridgehead atoms. The van der Waals surface area contributed by atoms with E-state index in [1.807, 2.05) is 0 Å². The van der Waals surface area contributed by atoms with Gasteiger partial charge in [0.15, 0.2) is 0 Å². The van der Waals surface area contributed by atoms with E-state index in [4.69, 9.17) is 4.84 Å². The molecule has 2 fully saturated rings. The molecule has 1 aromatic heterocycles. The maximum Gasteiger partial charge on any atom is 0.421 e. The quantitative estimate of drug-likeness (QED) is 0.437. The summed E-state index contributed by atoms with van der Waals surface area (Å²) in [4.78, 5) is 24.4. The normalized spacial score (nSPS) is 21.4. The van der Waals surface area contributed by atoms with Crippen molar-refractivity contribution in [3.63, 3.8) is 0 Å². The zero-order valence-electron chi connectivity index (χ0n) is 16.1. The van der Waals surface area contributed by atoms with E-state index in [1.54, 1.807) is 24.3 Å². The Morgan fingerprint density at radius 3 is 2.53 bits per heavy atom. The first-order valence-corrected chi connectivity index (χ1v) is 9.86. The van der Waals surface area contributed by atoms with Gasteiger partial charge in [0.1, 0.15) is 17.7 Å². The number of hydrogen-bond acceptors (Lipinski definition) is 7. The van der Waals surface area contributed by atoms with Crippen molar-refractivity contribution in [3.05, 3.63) is 41.6 Å². The average molecular weight is 421 g/mol. The van der Waals surface area contributed by atoms with Gasteiger partial charge in [-0.15, -0.1) is 0 Å². The minimum atomic E-state index is -4.59. The van der Waals surface area contributed by atoms with E-state index in [1.165, 1.54) is 0 Å². The number of benzene rings is 1. The molecule has 30 heavy (non-hydrogen) atoms. The number of nitrogens with zero attached hydrogens (tertiary/aromatic N) is 2. The van der Waals surface area contributed by atoms with Gasteiger partial charge in [0.05, 0.1) is 12.1 Å². The Morgan fingerprint density at radius 1 is 1.10 bits per heavy atom. The van der Waals surface area contributed by atoms with Gasteiger partial charge in [-0.2, -0.15) is 23.6 Å². The van der Waals surface area contributed by atoms with Crippen LogP contribution in [0.1, 0.15) is 48.0 Å². The van der Waals surface area contributed by atoms with Gasteiger partial charge in [0.2, 0.25) is 5.95 Å². The molecule has 0 amide bonds. The Labute approximate surface area is 171 Å². The molecule has 2 atom stereocenters. The summed E-state index contributed by atoms with van der Waals surface area (Å²) in [6.45, 7) is 0. The number of anilines is 3. The first-order chi connectivity index (χ1) is 14.4. The zero-order chi connectivity index (χ0) is 21.1. The standard InChI is InChI=1S/C20H22F3N5O2/c21-20(22,23)15-10-24-19(25-13-6-4-12(11-29)5-7-13)27-18(15)26-16-2-1-3-17(16)30-28-14-8-9-14/h4-7,10-11,14,16-17,28H,1-3,8-9H2,(H2,24,25,26,27). The predicted octanol–water partition coefficient (Wildman–Crippen LogP) is 4.07. The lowest BCUT2D eigenvalue weighted by molar-refractivity contribution is -0.137. The molecule has 1 heterocycles. The topological polar surface area (TPSA) is 88.2 Å². The summed E-state index contributed by atoms with van der Waals surface area (Å²) in [7, 11) is 0. The number of alkyl halides is 3. The number of carbonyl (C=O) groups is 1. The molecule has 160 valence electrons.